The highest BCUT2D eigenvalue weighted by molar-refractivity contribution is 5.66. The van der Waals surface area contributed by atoms with Crippen molar-refractivity contribution in [2.24, 2.45) is 0 Å². The van der Waals surface area contributed by atoms with E-state index in [1.807, 2.05) is 42.5 Å². The maximum atomic E-state index is 10.3. The van der Waals surface area contributed by atoms with Crippen LogP contribution in [-0.2, 0) is 9.68 Å². The van der Waals surface area contributed by atoms with Crippen molar-refractivity contribution in [3.05, 3.63) is 48.6 Å². The lowest BCUT2D eigenvalue weighted by Crippen LogP contribution is -2.04. The number of carbonyl (C=O) groups is 1. The predicted molar refractivity (Wildman–Crippen MR) is 98.9 cm³/mol. The van der Waals surface area contributed by atoms with Crippen molar-refractivity contribution >= 4 is 5.97 Å². The van der Waals surface area contributed by atoms with E-state index in [0.717, 1.165) is 19.3 Å². The van der Waals surface area contributed by atoms with E-state index in [2.05, 4.69) is 17.9 Å². The number of unbranched alkanes of at least 4 members (excludes halogenated alkanes) is 4. The third kappa shape index (κ3) is 16.7. The van der Waals surface area contributed by atoms with Gasteiger partial charge in [0.05, 0.1) is 0 Å². The van der Waals surface area contributed by atoms with Crippen LogP contribution in [0, 0.1) is 0 Å². The highest BCUT2D eigenvalue weighted by Gasteiger charge is 1.99. The Balaban J connectivity index is 3.79. The van der Waals surface area contributed by atoms with Gasteiger partial charge < -0.3 is 5.11 Å². The average Bonchev–Trinajstić information content (AvgIpc) is 2.57. The maximum absolute atomic E-state index is 10.3. The van der Waals surface area contributed by atoms with Crippen LogP contribution in [0.25, 0.3) is 0 Å². The average molecular weight is 336 g/mol. The molecule has 0 fully saturated rings. The first-order chi connectivity index (χ1) is 11.7. The van der Waals surface area contributed by atoms with Crippen molar-refractivity contribution < 1.29 is 20.0 Å². The van der Waals surface area contributed by atoms with Gasteiger partial charge in [0.15, 0.2) is 0 Å². The molecule has 0 saturated carbocycles. The Bertz CT molecular complexity index is 408. The summed E-state index contributed by atoms with van der Waals surface area (Å²) in [5.74, 6) is -0.745. The van der Waals surface area contributed by atoms with Crippen LogP contribution in [0.15, 0.2) is 48.6 Å². The topological polar surface area (TPSA) is 66.8 Å². The molecule has 0 aromatic heterocycles. The van der Waals surface area contributed by atoms with Gasteiger partial charge in [0.1, 0.15) is 6.10 Å². The second-order valence-electron chi connectivity index (χ2n) is 5.65. The van der Waals surface area contributed by atoms with Gasteiger partial charge in [-0.15, -0.1) is 0 Å². The summed E-state index contributed by atoms with van der Waals surface area (Å²) in [7, 11) is 0. The molecule has 0 rings (SSSR count). The molecule has 0 spiro atoms. The summed E-state index contributed by atoms with van der Waals surface area (Å²) >= 11 is 0. The highest BCUT2D eigenvalue weighted by Crippen LogP contribution is 2.04. The molecule has 0 aliphatic carbocycles. The number of aliphatic carboxylic acids is 1. The van der Waals surface area contributed by atoms with Gasteiger partial charge >= 0.3 is 5.97 Å². The molecule has 136 valence electrons. The van der Waals surface area contributed by atoms with E-state index in [-0.39, 0.29) is 12.5 Å². The van der Waals surface area contributed by atoms with Crippen LogP contribution in [0.4, 0.5) is 0 Å². The minimum atomic E-state index is -0.745. The van der Waals surface area contributed by atoms with E-state index < -0.39 is 5.97 Å². The van der Waals surface area contributed by atoms with Crippen LogP contribution < -0.4 is 0 Å². The summed E-state index contributed by atoms with van der Waals surface area (Å²) in [5.41, 5.74) is 0. The van der Waals surface area contributed by atoms with Gasteiger partial charge in [-0.3, -0.25) is 10.1 Å². The van der Waals surface area contributed by atoms with E-state index in [1.54, 1.807) is 0 Å². The largest absolute Gasteiger partial charge is 0.481 e. The van der Waals surface area contributed by atoms with Gasteiger partial charge in [0.25, 0.3) is 0 Å². The zero-order valence-electron chi connectivity index (χ0n) is 14.8. The zero-order valence-corrected chi connectivity index (χ0v) is 14.8. The molecule has 0 aliphatic heterocycles. The molecule has 0 aliphatic rings. The number of rotatable bonds is 15. The van der Waals surface area contributed by atoms with Gasteiger partial charge in [-0.25, -0.2) is 4.89 Å². The van der Waals surface area contributed by atoms with Crippen LogP contribution in [0.5, 0.6) is 0 Å². The molecule has 0 aromatic rings. The van der Waals surface area contributed by atoms with Crippen molar-refractivity contribution in [2.45, 2.75) is 70.8 Å². The Kier molecular flexibility index (Phi) is 16.5. The normalized spacial score (nSPS) is 13.8. The summed E-state index contributed by atoms with van der Waals surface area (Å²) < 4.78 is 0. The Morgan fingerprint density at radius 2 is 1.75 bits per heavy atom. The van der Waals surface area contributed by atoms with Crippen LogP contribution >= 0.6 is 0 Å². The van der Waals surface area contributed by atoms with Crippen molar-refractivity contribution in [1.29, 1.82) is 0 Å². The molecule has 4 nitrogen and oxygen atoms in total. The number of hydrogen-bond acceptors (Lipinski definition) is 3. The maximum Gasteiger partial charge on any atom is 0.303 e. The molecule has 0 saturated heterocycles. The van der Waals surface area contributed by atoms with Gasteiger partial charge in [-0.2, -0.15) is 0 Å². The van der Waals surface area contributed by atoms with E-state index in [0.29, 0.717) is 12.8 Å². The first-order valence-corrected chi connectivity index (χ1v) is 8.86. The van der Waals surface area contributed by atoms with Gasteiger partial charge in [0, 0.05) is 6.42 Å². The SMILES string of the molecule is CCCCCC=CC[C@@H](C=CC=CCC=CCCCC(=O)O)OO. The molecule has 0 amide bonds. The molecule has 0 radical (unpaired) electrons. The number of carboxylic acid groups (broad SMARTS) is 1. The molecular formula is C20H32O4. The lowest BCUT2D eigenvalue weighted by Gasteiger charge is -2.04. The summed E-state index contributed by atoms with van der Waals surface area (Å²) in [6.07, 6.45) is 23.4. The lowest BCUT2D eigenvalue weighted by atomic mass is 10.1. The van der Waals surface area contributed by atoms with Crippen LogP contribution in [-0.4, -0.2) is 22.4 Å². The minimum Gasteiger partial charge on any atom is -0.481 e. The number of carboxylic acids is 1. The molecule has 0 aromatic carbocycles. The van der Waals surface area contributed by atoms with E-state index in [1.165, 1.54) is 19.3 Å². The first-order valence-electron chi connectivity index (χ1n) is 8.86. The van der Waals surface area contributed by atoms with Crippen LogP contribution in [0.1, 0.15) is 64.7 Å². The number of allylic oxidation sites excluding steroid dienone is 6. The van der Waals surface area contributed by atoms with Gasteiger partial charge in [-0.05, 0) is 38.5 Å². The summed E-state index contributed by atoms with van der Waals surface area (Å²) in [6.45, 7) is 2.19. The van der Waals surface area contributed by atoms with Gasteiger partial charge in [-0.1, -0.05) is 68.4 Å². The lowest BCUT2D eigenvalue weighted by molar-refractivity contribution is -0.264. The van der Waals surface area contributed by atoms with Crippen LogP contribution in [0.3, 0.4) is 0 Å². The predicted octanol–water partition coefficient (Wildman–Crippen LogP) is 5.68. The molecular weight excluding hydrogens is 304 g/mol. The standard InChI is InChI=1S/C20H32O4/c1-2-3-4-5-10-13-16-19(24-23)17-14-11-8-6-7-9-12-15-18-20(21)22/h7-11,13-14,17,19,23H,2-6,12,15-16,18H2,1H3,(H,21,22)/t19-/m0/s1. The fraction of sp³-hybridized carbons (Fsp3) is 0.550. The quantitative estimate of drug-likeness (QED) is 0.133. The molecule has 0 unspecified atom stereocenters. The minimum absolute atomic E-state index is 0.221. The number of hydrogen-bond donors (Lipinski definition) is 2. The summed E-state index contributed by atoms with van der Waals surface area (Å²) in [4.78, 5) is 14.8. The Hall–Kier alpha value is -1.65. The van der Waals surface area contributed by atoms with E-state index in [9.17, 15) is 4.79 Å². The highest BCUT2D eigenvalue weighted by atomic mass is 17.1. The Labute approximate surface area is 146 Å². The van der Waals surface area contributed by atoms with Crippen molar-refractivity contribution in [3.8, 4) is 0 Å². The fourth-order valence-electron chi connectivity index (χ4n) is 2.03. The Morgan fingerprint density at radius 3 is 2.46 bits per heavy atom. The third-order valence-electron chi connectivity index (χ3n) is 3.42. The van der Waals surface area contributed by atoms with Crippen LogP contribution in [0.2, 0.25) is 0 Å². The van der Waals surface area contributed by atoms with Gasteiger partial charge in [0.2, 0.25) is 0 Å². The van der Waals surface area contributed by atoms with Crippen molar-refractivity contribution in [2.75, 3.05) is 0 Å². The zero-order chi connectivity index (χ0) is 17.9. The summed E-state index contributed by atoms with van der Waals surface area (Å²) in [6, 6.07) is 0. The molecule has 0 bridgehead atoms. The molecule has 1 atom stereocenters. The fourth-order valence-corrected chi connectivity index (χ4v) is 2.03. The first kappa shape index (κ1) is 22.4. The second-order valence-corrected chi connectivity index (χ2v) is 5.65. The molecule has 0 heterocycles. The monoisotopic (exact) mass is 336 g/mol. The Morgan fingerprint density at radius 1 is 1.00 bits per heavy atom. The summed E-state index contributed by atoms with van der Waals surface area (Å²) in [5, 5.41) is 17.4. The smallest absolute Gasteiger partial charge is 0.303 e. The molecule has 4 heteroatoms. The van der Waals surface area contributed by atoms with E-state index in [4.69, 9.17) is 10.4 Å². The molecule has 2 N–H and O–H groups in total. The molecule has 24 heavy (non-hydrogen) atoms. The van der Waals surface area contributed by atoms with Crippen molar-refractivity contribution in [1.82, 2.24) is 0 Å². The third-order valence-corrected chi connectivity index (χ3v) is 3.42. The van der Waals surface area contributed by atoms with Crippen molar-refractivity contribution in [3.63, 3.8) is 0 Å². The van der Waals surface area contributed by atoms with E-state index >= 15 is 0 Å². The second kappa shape index (κ2) is 17.7.